The van der Waals surface area contributed by atoms with Crippen LogP contribution in [-0.2, 0) is 0 Å². The van der Waals surface area contributed by atoms with Gasteiger partial charge in [0.15, 0.2) is 0 Å². The van der Waals surface area contributed by atoms with E-state index in [2.05, 4.69) is 13.8 Å². The van der Waals surface area contributed by atoms with E-state index >= 15 is 0 Å². The largest absolute Gasteiger partial charge is 0.493 e. The summed E-state index contributed by atoms with van der Waals surface area (Å²) in [6, 6.07) is 5.68. The van der Waals surface area contributed by atoms with Gasteiger partial charge < -0.3 is 15.2 Å². The zero-order valence-electron chi connectivity index (χ0n) is 27.8. The molecule has 0 spiro atoms. The molecule has 0 aliphatic rings. The van der Waals surface area contributed by atoms with E-state index in [1.807, 2.05) is 18.2 Å². The van der Waals surface area contributed by atoms with Crippen LogP contribution in [0.3, 0.4) is 0 Å². The van der Waals surface area contributed by atoms with Crippen LogP contribution in [0.15, 0.2) is 18.2 Å². The topological polar surface area (TPSA) is 68.3 Å². The second-order valence-corrected chi connectivity index (χ2v) is 12.3. The lowest BCUT2D eigenvalue weighted by Gasteiger charge is -2.12. The van der Waals surface area contributed by atoms with E-state index in [0.717, 1.165) is 24.3 Å². The zero-order chi connectivity index (χ0) is 29.6. The van der Waals surface area contributed by atoms with E-state index in [1.165, 1.54) is 154 Å². The zero-order valence-corrected chi connectivity index (χ0v) is 28.6. The summed E-state index contributed by atoms with van der Waals surface area (Å²) in [4.78, 5) is 0. The highest BCUT2D eigenvalue weighted by molar-refractivity contribution is 5.95. The van der Waals surface area contributed by atoms with Crippen molar-refractivity contribution in [2.24, 2.45) is 5.73 Å². The second-order valence-electron chi connectivity index (χ2n) is 12.3. The van der Waals surface area contributed by atoms with Gasteiger partial charge in [-0.15, -0.1) is 12.4 Å². The Morgan fingerprint density at radius 3 is 1.00 bits per heavy atom. The van der Waals surface area contributed by atoms with Crippen LogP contribution in [0.1, 0.15) is 186 Å². The van der Waals surface area contributed by atoms with Gasteiger partial charge in [0.2, 0.25) is 0 Å². The molecule has 1 rings (SSSR count). The van der Waals surface area contributed by atoms with Gasteiger partial charge in [0, 0.05) is 11.6 Å². The van der Waals surface area contributed by atoms with Crippen LogP contribution in [0.4, 0.5) is 0 Å². The first-order chi connectivity index (χ1) is 20.2. The first-order valence-electron chi connectivity index (χ1n) is 17.9. The van der Waals surface area contributed by atoms with Crippen LogP contribution < -0.4 is 15.2 Å². The molecule has 3 N–H and O–H groups in total. The van der Waals surface area contributed by atoms with Gasteiger partial charge in [0.25, 0.3) is 0 Å². The number of rotatable bonds is 31. The molecule has 0 unspecified atom stereocenters. The molecule has 1 aromatic rings. The normalized spacial score (nSPS) is 10.9. The summed E-state index contributed by atoms with van der Waals surface area (Å²) in [7, 11) is 0. The Morgan fingerprint density at radius 1 is 0.476 bits per heavy atom. The highest BCUT2D eigenvalue weighted by Crippen LogP contribution is 2.24. The monoisotopic (exact) mass is 609 g/mol. The van der Waals surface area contributed by atoms with Gasteiger partial charge in [-0.3, -0.25) is 5.41 Å². The molecule has 1 aromatic carbocycles. The first-order valence-corrected chi connectivity index (χ1v) is 17.9. The maximum absolute atomic E-state index is 7.87. The molecule has 0 fully saturated rings. The predicted octanol–water partition coefficient (Wildman–Crippen LogP) is 12.3. The molecule has 0 saturated heterocycles. The van der Waals surface area contributed by atoms with Gasteiger partial charge in [-0.05, 0) is 25.0 Å². The first kappa shape index (κ1) is 40.6. The molecule has 0 radical (unpaired) electrons. The molecule has 0 saturated carbocycles. The minimum atomic E-state index is 0. The smallest absolute Gasteiger partial charge is 0.123 e. The highest BCUT2D eigenvalue weighted by Gasteiger charge is 2.06. The van der Waals surface area contributed by atoms with Crippen molar-refractivity contribution in [3.05, 3.63) is 23.8 Å². The number of nitrogen functional groups attached to an aromatic ring is 1. The fourth-order valence-corrected chi connectivity index (χ4v) is 5.51. The van der Waals surface area contributed by atoms with Crippen LogP contribution in [0, 0.1) is 5.41 Å². The van der Waals surface area contributed by atoms with Crippen molar-refractivity contribution in [3.63, 3.8) is 0 Å². The van der Waals surface area contributed by atoms with Crippen LogP contribution in [0.25, 0.3) is 0 Å². The van der Waals surface area contributed by atoms with Crippen molar-refractivity contribution in [2.75, 3.05) is 13.2 Å². The van der Waals surface area contributed by atoms with Crippen molar-refractivity contribution in [3.8, 4) is 11.5 Å². The number of hydrogen-bond acceptors (Lipinski definition) is 3. The number of ether oxygens (including phenoxy) is 2. The summed E-state index contributed by atoms with van der Waals surface area (Å²) in [6.45, 7) is 5.98. The average Bonchev–Trinajstić information content (AvgIpc) is 2.97. The Labute approximate surface area is 267 Å². The van der Waals surface area contributed by atoms with Gasteiger partial charge in [-0.1, -0.05) is 168 Å². The second kappa shape index (κ2) is 31.0. The predicted molar refractivity (Wildman–Crippen MR) is 187 cm³/mol. The Hall–Kier alpha value is -1.42. The SMILES string of the molecule is CCCCCCCCCCCCCCCOc1cc(OCCCCCCCCCCCCCCC)cc(C(=N)N)c1.Cl. The average molecular weight is 609 g/mol. The van der Waals surface area contributed by atoms with Crippen molar-refractivity contribution in [1.29, 1.82) is 5.41 Å². The minimum absolute atomic E-state index is 0. The highest BCUT2D eigenvalue weighted by atomic mass is 35.5. The third-order valence-electron chi connectivity index (χ3n) is 8.22. The maximum Gasteiger partial charge on any atom is 0.123 e. The molecular formula is C37H69ClN2O2. The third-order valence-corrected chi connectivity index (χ3v) is 8.22. The van der Waals surface area contributed by atoms with E-state index in [-0.39, 0.29) is 18.2 Å². The number of nitrogens with one attached hydrogen (secondary N) is 1. The summed E-state index contributed by atoms with van der Waals surface area (Å²) in [5.41, 5.74) is 6.46. The fourth-order valence-electron chi connectivity index (χ4n) is 5.51. The van der Waals surface area contributed by atoms with Crippen molar-refractivity contribution in [2.45, 2.75) is 181 Å². The maximum atomic E-state index is 7.87. The van der Waals surface area contributed by atoms with Crippen molar-refractivity contribution in [1.82, 2.24) is 0 Å². The molecule has 246 valence electrons. The standard InChI is InChI=1S/C37H68N2O2.ClH/c1-3-5-7-9-11-13-15-17-19-21-23-25-27-29-40-35-31-34(37(38)39)32-36(33-35)41-30-28-26-24-22-20-18-16-14-12-10-8-6-4-2;/h31-33H,3-30H2,1-2H3,(H3,38,39);1H. The number of benzene rings is 1. The molecule has 0 bridgehead atoms. The quantitative estimate of drug-likeness (QED) is 0.0500. The molecule has 5 heteroatoms. The Balaban J connectivity index is 0.0000168. The number of unbranched alkanes of at least 4 members (excludes halogenated alkanes) is 24. The van der Waals surface area contributed by atoms with Crippen LogP contribution >= 0.6 is 12.4 Å². The Morgan fingerprint density at radius 2 is 0.738 bits per heavy atom. The molecular weight excluding hydrogens is 540 g/mol. The molecule has 0 atom stereocenters. The summed E-state index contributed by atoms with van der Waals surface area (Å²) in [5.74, 6) is 1.58. The number of amidine groups is 1. The van der Waals surface area contributed by atoms with E-state index in [4.69, 9.17) is 20.6 Å². The third kappa shape index (κ3) is 25.1. The van der Waals surface area contributed by atoms with Crippen LogP contribution in [0.5, 0.6) is 11.5 Å². The van der Waals surface area contributed by atoms with E-state index in [1.54, 1.807) is 0 Å². The lowest BCUT2D eigenvalue weighted by Crippen LogP contribution is -2.12. The Bertz CT molecular complexity index is 677. The molecule has 0 heterocycles. The van der Waals surface area contributed by atoms with Gasteiger partial charge >= 0.3 is 0 Å². The fraction of sp³-hybridized carbons (Fsp3) is 0.811. The van der Waals surface area contributed by atoms with Gasteiger partial charge in [-0.2, -0.15) is 0 Å². The van der Waals surface area contributed by atoms with E-state index < -0.39 is 0 Å². The molecule has 42 heavy (non-hydrogen) atoms. The summed E-state index contributed by atoms with van der Waals surface area (Å²) in [5, 5.41) is 7.87. The summed E-state index contributed by atoms with van der Waals surface area (Å²) >= 11 is 0. The number of nitrogens with two attached hydrogens (primary N) is 1. The van der Waals surface area contributed by atoms with Crippen molar-refractivity contribution >= 4 is 18.2 Å². The van der Waals surface area contributed by atoms with Gasteiger partial charge in [0.05, 0.1) is 13.2 Å². The van der Waals surface area contributed by atoms with E-state index in [0.29, 0.717) is 18.8 Å². The molecule has 4 nitrogen and oxygen atoms in total. The van der Waals surface area contributed by atoms with Crippen LogP contribution in [-0.4, -0.2) is 19.0 Å². The number of hydrogen-bond donors (Lipinski definition) is 2. The molecule has 0 aliphatic carbocycles. The van der Waals surface area contributed by atoms with E-state index in [9.17, 15) is 0 Å². The lowest BCUT2D eigenvalue weighted by atomic mass is 10.0. The number of halogens is 1. The molecule has 0 aromatic heterocycles. The molecule has 0 aliphatic heterocycles. The van der Waals surface area contributed by atoms with Gasteiger partial charge in [-0.25, -0.2) is 0 Å². The summed E-state index contributed by atoms with van der Waals surface area (Å²) in [6.07, 6.45) is 35.0. The molecule has 0 amide bonds. The van der Waals surface area contributed by atoms with Crippen LogP contribution in [0.2, 0.25) is 0 Å². The Kier molecular flexibility index (Phi) is 30.0. The lowest BCUT2D eigenvalue weighted by molar-refractivity contribution is 0.289. The van der Waals surface area contributed by atoms with Gasteiger partial charge in [0.1, 0.15) is 17.3 Å². The van der Waals surface area contributed by atoms with Crippen molar-refractivity contribution < 1.29 is 9.47 Å². The summed E-state index contributed by atoms with van der Waals surface area (Å²) < 4.78 is 12.1. The minimum Gasteiger partial charge on any atom is -0.493 e.